The highest BCUT2D eigenvalue weighted by atomic mass is 16.6. The molecule has 1 aliphatic heterocycles. The summed E-state index contributed by atoms with van der Waals surface area (Å²) in [6, 6.07) is 18.7. The van der Waals surface area contributed by atoms with Gasteiger partial charge < -0.3 is 26.6 Å². The van der Waals surface area contributed by atoms with Crippen LogP contribution in [-0.4, -0.2) is 29.9 Å². The molecule has 7 nitrogen and oxygen atoms in total. The molecule has 1 amide bonds. The second-order valence-electron chi connectivity index (χ2n) is 9.69. The molecule has 5 rings (SSSR count). The predicted molar refractivity (Wildman–Crippen MR) is 136 cm³/mol. The number of nitrogens with one attached hydrogen (secondary N) is 2. The lowest BCUT2D eigenvalue weighted by Crippen LogP contribution is -2.57. The molecule has 0 radical (unpaired) electrons. The number of nitrogens with two attached hydrogens (primary N) is 2. The number of quaternary nitrogens is 1. The van der Waals surface area contributed by atoms with Crippen molar-refractivity contribution in [2.24, 2.45) is 11.5 Å². The molecule has 6 N–H and O–H groups in total. The average molecular weight is 458 g/mol. The van der Waals surface area contributed by atoms with Gasteiger partial charge in [-0.3, -0.25) is 10.2 Å². The zero-order valence-electron chi connectivity index (χ0n) is 19.2. The van der Waals surface area contributed by atoms with Crippen molar-refractivity contribution < 1.29 is 4.79 Å². The van der Waals surface area contributed by atoms with Crippen molar-refractivity contribution in [3.63, 3.8) is 0 Å². The second kappa shape index (κ2) is 8.83. The lowest BCUT2D eigenvalue weighted by molar-refractivity contribution is -0.126. The van der Waals surface area contributed by atoms with Crippen LogP contribution in [0.4, 0.5) is 5.69 Å². The van der Waals surface area contributed by atoms with E-state index >= 15 is 0 Å². The first kappa shape index (κ1) is 22.5. The van der Waals surface area contributed by atoms with Crippen molar-refractivity contribution in [1.82, 2.24) is 9.96 Å². The lowest BCUT2D eigenvalue weighted by atomic mass is 9.91. The highest BCUT2D eigenvalue weighted by Gasteiger charge is 2.46. The highest BCUT2D eigenvalue weighted by Crippen LogP contribution is 2.41. The third kappa shape index (κ3) is 4.07. The second-order valence-corrected chi connectivity index (χ2v) is 9.69. The van der Waals surface area contributed by atoms with Crippen LogP contribution in [0.3, 0.4) is 0 Å². The molecular formula is C27H31N5O2. The Kier molecular flexibility index (Phi) is 5.85. The minimum absolute atomic E-state index is 0.0507. The van der Waals surface area contributed by atoms with Crippen molar-refractivity contribution in [2.45, 2.75) is 56.8 Å². The van der Waals surface area contributed by atoms with E-state index in [9.17, 15) is 10.0 Å². The summed E-state index contributed by atoms with van der Waals surface area (Å²) in [6.45, 7) is 0.128. The Morgan fingerprint density at radius 2 is 1.79 bits per heavy atom. The maximum absolute atomic E-state index is 14.7. The summed E-state index contributed by atoms with van der Waals surface area (Å²) in [4.78, 5) is 13.5. The van der Waals surface area contributed by atoms with E-state index in [0.717, 1.165) is 47.6 Å². The van der Waals surface area contributed by atoms with Crippen molar-refractivity contribution >= 4 is 28.2 Å². The van der Waals surface area contributed by atoms with Crippen LogP contribution in [0.15, 0.2) is 60.7 Å². The molecule has 1 aliphatic carbocycles. The van der Waals surface area contributed by atoms with E-state index < -0.39 is 10.7 Å². The molecule has 3 aromatic rings. The Hall–Kier alpha value is -3.26. The number of carbonyl (C=O) groups is 1. The number of hydrogen-bond donors (Lipinski definition) is 4. The fourth-order valence-corrected chi connectivity index (χ4v) is 5.50. The van der Waals surface area contributed by atoms with Crippen LogP contribution in [0, 0.1) is 10.6 Å². The van der Waals surface area contributed by atoms with Crippen LogP contribution >= 0.6 is 0 Å². The first-order chi connectivity index (χ1) is 16.3. The average Bonchev–Trinajstić information content (AvgIpc) is 3.12. The maximum atomic E-state index is 14.7. The Morgan fingerprint density at radius 1 is 1.06 bits per heavy atom. The highest BCUT2D eigenvalue weighted by molar-refractivity contribution is 5.97. The van der Waals surface area contributed by atoms with Gasteiger partial charge in [0.1, 0.15) is 18.1 Å². The Bertz CT molecular complexity index is 1250. The van der Waals surface area contributed by atoms with Crippen molar-refractivity contribution in [3.05, 3.63) is 82.6 Å². The van der Waals surface area contributed by atoms with Crippen LogP contribution in [0.25, 0.3) is 10.8 Å². The van der Waals surface area contributed by atoms with E-state index in [0.29, 0.717) is 17.7 Å². The van der Waals surface area contributed by atoms with Gasteiger partial charge in [0, 0.05) is 41.3 Å². The third-order valence-corrected chi connectivity index (χ3v) is 7.43. The van der Waals surface area contributed by atoms with Crippen LogP contribution in [-0.2, 0) is 17.8 Å². The molecule has 2 aliphatic rings. The smallest absolute Gasteiger partial charge is 0.279 e. The molecule has 3 aromatic carbocycles. The van der Waals surface area contributed by atoms with Crippen LogP contribution < -0.4 is 21.4 Å². The Morgan fingerprint density at radius 3 is 2.56 bits per heavy atom. The molecule has 0 spiro atoms. The number of carbonyl (C=O) groups excluding carboxylic acids is 1. The molecule has 0 bridgehead atoms. The summed E-state index contributed by atoms with van der Waals surface area (Å²) in [5.74, 6) is -0.303. The fourth-order valence-electron chi connectivity index (χ4n) is 5.50. The number of hydroxylamine groups is 2. The van der Waals surface area contributed by atoms with Gasteiger partial charge in [-0.05, 0) is 36.5 Å². The molecule has 1 heterocycles. The van der Waals surface area contributed by atoms with Gasteiger partial charge in [-0.25, -0.2) is 0 Å². The molecule has 34 heavy (non-hydrogen) atoms. The molecule has 1 saturated carbocycles. The third-order valence-electron chi connectivity index (χ3n) is 7.43. The van der Waals surface area contributed by atoms with Gasteiger partial charge in [0.15, 0.2) is 6.04 Å². The quantitative estimate of drug-likeness (QED) is 0.202. The molecule has 0 aromatic heterocycles. The van der Waals surface area contributed by atoms with Gasteiger partial charge >= 0.3 is 0 Å². The molecule has 2 unspecified atom stereocenters. The number of benzene rings is 3. The number of hydrogen-bond acceptors (Lipinski definition) is 4. The number of nitrogens with zero attached hydrogens (tertiary/aromatic N) is 1. The lowest BCUT2D eigenvalue weighted by Gasteiger charge is -2.44. The predicted octanol–water partition coefficient (Wildman–Crippen LogP) is 3.44. The molecule has 2 atom stereocenters. The van der Waals surface area contributed by atoms with Crippen molar-refractivity contribution in [3.8, 4) is 0 Å². The van der Waals surface area contributed by atoms with Gasteiger partial charge in [-0.15, -0.1) is 0 Å². The number of nitrogen functional groups attached to an aromatic ring is 1. The first-order valence-electron chi connectivity index (χ1n) is 11.9. The Balaban J connectivity index is 1.53. The van der Waals surface area contributed by atoms with Crippen LogP contribution in [0.5, 0.6) is 0 Å². The van der Waals surface area contributed by atoms with Gasteiger partial charge in [-0.2, -0.15) is 0 Å². The van der Waals surface area contributed by atoms with E-state index in [1.54, 1.807) is 12.1 Å². The van der Waals surface area contributed by atoms with E-state index in [-0.39, 0.29) is 30.4 Å². The molecule has 1 fully saturated rings. The zero-order valence-corrected chi connectivity index (χ0v) is 19.2. The van der Waals surface area contributed by atoms with Gasteiger partial charge in [-0.1, -0.05) is 54.6 Å². The number of rotatable bonds is 5. The van der Waals surface area contributed by atoms with Gasteiger partial charge in [0.2, 0.25) is 0 Å². The molecule has 176 valence electrons. The maximum Gasteiger partial charge on any atom is 0.279 e. The summed E-state index contributed by atoms with van der Waals surface area (Å²) >= 11 is 0. The molecule has 7 heteroatoms. The fraction of sp³-hybridized carbons (Fsp3) is 0.333. The van der Waals surface area contributed by atoms with Crippen molar-refractivity contribution in [2.75, 3.05) is 0 Å². The molecular weight excluding hydrogens is 426 g/mol. The summed E-state index contributed by atoms with van der Waals surface area (Å²) in [7, 11) is 0. The summed E-state index contributed by atoms with van der Waals surface area (Å²) in [6.07, 6.45) is 3.79. The Labute approximate surface area is 199 Å². The topological polar surface area (TPSA) is 128 Å². The van der Waals surface area contributed by atoms with Crippen LogP contribution in [0.1, 0.15) is 42.4 Å². The van der Waals surface area contributed by atoms with E-state index in [2.05, 4.69) is 5.32 Å². The number of amides is 1. The largest absolute Gasteiger partial charge is 0.627 e. The summed E-state index contributed by atoms with van der Waals surface area (Å²) in [5.41, 5.74) is 14.5. The summed E-state index contributed by atoms with van der Waals surface area (Å²) < 4.78 is -0.789. The first-order valence-corrected chi connectivity index (χ1v) is 11.9. The zero-order chi connectivity index (χ0) is 23.9. The normalized spacial score (nSPS) is 26.2. The van der Waals surface area contributed by atoms with E-state index in [1.807, 2.05) is 48.5 Å². The monoisotopic (exact) mass is 457 g/mol. The summed E-state index contributed by atoms with van der Waals surface area (Å²) in [5, 5.41) is 27.8. The SMILES string of the molecule is N=C(N)c1ccc2c(c1)[N+]([O-])(Cc1cccc3ccccc13)C(C(=O)NC1CCC(N)CC1)C2. The molecule has 0 saturated heterocycles. The van der Waals surface area contributed by atoms with E-state index in [1.165, 1.54) is 0 Å². The van der Waals surface area contributed by atoms with Crippen LogP contribution in [0.2, 0.25) is 0 Å². The van der Waals surface area contributed by atoms with Gasteiger partial charge in [0.25, 0.3) is 5.91 Å². The number of amidine groups is 1. The van der Waals surface area contributed by atoms with E-state index in [4.69, 9.17) is 16.9 Å². The minimum Gasteiger partial charge on any atom is -0.627 e. The minimum atomic E-state index is -0.799. The standard InChI is InChI=1S/C27H31N5O2/c28-21-10-12-22(13-11-21)31-27(33)25-14-18-8-9-19(26(29)30)15-24(18)32(25,34)16-20-6-3-5-17-4-1-2-7-23(17)20/h1-9,15,21-22,25H,10-14,16,28H2,(H3,29,30)(H,31,33). The van der Waals surface area contributed by atoms with Gasteiger partial charge in [0.05, 0.1) is 0 Å². The van der Waals surface area contributed by atoms with Crippen molar-refractivity contribution in [1.29, 1.82) is 5.41 Å². The number of fused-ring (bicyclic) bond motifs is 2.